The van der Waals surface area contributed by atoms with Crippen molar-refractivity contribution in [2.75, 3.05) is 0 Å². The molecule has 0 atom stereocenters. The predicted molar refractivity (Wildman–Crippen MR) is 50.7 cm³/mol. The summed E-state index contributed by atoms with van der Waals surface area (Å²) in [4.78, 5) is 0. The van der Waals surface area contributed by atoms with E-state index in [0.717, 1.165) is 0 Å². The lowest BCUT2D eigenvalue weighted by Crippen LogP contribution is -3.67. The zero-order valence-corrected chi connectivity index (χ0v) is 13.9. The van der Waals surface area contributed by atoms with Crippen molar-refractivity contribution in [2.24, 2.45) is 0 Å². The molecule has 0 saturated carbocycles. The highest BCUT2D eigenvalue weighted by Crippen LogP contribution is 2.54. The summed E-state index contributed by atoms with van der Waals surface area (Å²) in [6.45, 7) is 3.78. The van der Waals surface area contributed by atoms with Gasteiger partial charge in [-0.25, -0.2) is 0 Å². The van der Waals surface area contributed by atoms with E-state index in [2.05, 4.69) is 2.51 Å². The lowest BCUT2D eigenvalue weighted by Gasteiger charge is -2.31. The van der Waals surface area contributed by atoms with Gasteiger partial charge in [0.15, 0.2) is 3.42 Å². The SMILES string of the molecule is CC(C)(C)[I+]OS(=O)(=O)C(F)(F)C(F)(F)C(F)(F)C(F)(F)F. The Hall–Kier alpha value is 0.01000. The van der Waals surface area contributed by atoms with Gasteiger partial charge in [0, 0.05) is 0 Å². The molecule has 0 heterocycles. The number of halogens is 10. The van der Waals surface area contributed by atoms with E-state index >= 15 is 0 Å². The van der Waals surface area contributed by atoms with Crippen molar-refractivity contribution in [3.8, 4) is 0 Å². The van der Waals surface area contributed by atoms with Gasteiger partial charge >= 0.3 is 55.0 Å². The van der Waals surface area contributed by atoms with Gasteiger partial charge in [-0.3, -0.25) is 0 Å². The van der Waals surface area contributed by atoms with Gasteiger partial charge in [-0.05, 0) is 23.3 Å². The molecule has 0 N–H and O–H groups in total. The van der Waals surface area contributed by atoms with Gasteiger partial charge in [0.1, 0.15) is 0 Å². The van der Waals surface area contributed by atoms with E-state index in [9.17, 15) is 47.9 Å². The Morgan fingerprint density at radius 3 is 1.41 bits per heavy atom. The molecular weight excluding hydrogens is 474 g/mol. The molecule has 0 aromatic carbocycles. The highest BCUT2D eigenvalue weighted by atomic mass is 127. The van der Waals surface area contributed by atoms with Gasteiger partial charge in [-0.15, -0.1) is 0 Å². The number of hydrogen-bond donors (Lipinski definition) is 0. The summed E-state index contributed by atoms with van der Waals surface area (Å²) in [7, 11) is -6.71. The normalized spacial score (nSPS) is 16.0. The van der Waals surface area contributed by atoms with Crippen molar-refractivity contribution in [3.05, 3.63) is 0 Å². The van der Waals surface area contributed by atoms with E-state index in [-0.39, 0.29) is 0 Å². The Morgan fingerprint density at radius 2 is 1.14 bits per heavy atom. The minimum absolute atomic E-state index is 1.07. The number of hydrogen-bond acceptors (Lipinski definition) is 3. The van der Waals surface area contributed by atoms with Gasteiger partial charge in [0.25, 0.3) is 0 Å². The fourth-order valence-electron chi connectivity index (χ4n) is 0.693. The maximum atomic E-state index is 13.2. The largest absolute Gasteiger partial charge is 0.499 e. The van der Waals surface area contributed by atoms with Crippen LogP contribution in [0.25, 0.3) is 0 Å². The monoisotopic (exact) mass is 483 g/mol. The topological polar surface area (TPSA) is 43.4 Å². The molecule has 0 radical (unpaired) electrons. The summed E-state index contributed by atoms with van der Waals surface area (Å²) in [6, 6.07) is 0. The van der Waals surface area contributed by atoms with Crippen LogP contribution in [0.3, 0.4) is 0 Å². The van der Waals surface area contributed by atoms with Crippen LogP contribution < -0.4 is 21.6 Å². The Bertz CT molecular complexity index is 506. The van der Waals surface area contributed by atoms with E-state index in [1.165, 1.54) is 20.8 Å². The van der Waals surface area contributed by atoms with Gasteiger partial charge in [-0.2, -0.15) is 47.9 Å². The molecule has 0 aromatic rings. The summed E-state index contributed by atoms with van der Waals surface area (Å²) in [5, 5.41) is -6.77. The van der Waals surface area contributed by atoms with Crippen LogP contribution >= 0.6 is 0 Å². The first-order chi connectivity index (χ1) is 9.21. The molecule has 0 aromatic heterocycles. The van der Waals surface area contributed by atoms with E-state index in [0.29, 0.717) is 0 Å². The molecule has 0 spiro atoms. The first-order valence-corrected chi connectivity index (χ1v) is 8.37. The summed E-state index contributed by atoms with van der Waals surface area (Å²) < 4.78 is 137. The lowest BCUT2D eigenvalue weighted by molar-refractivity contribution is -0.903. The molecule has 0 fully saturated rings. The average Bonchev–Trinajstić information content (AvgIpc) is 2.23. The maximum absolute atomic E-state index is 13.2. The highest BCUT2D eigenvalue weighted by Gasteiger charge is 2.86. The molecule has 0 unspecified atom stereocenters. The van der Waals surface area contributed by atoms with E-state index in [1.54, 1.807) is 0 Å². The van der Waals surface area contributed by atoms with Gasteiger partial charge in [0.2, 0.25) is 0 Å². The predicted octanol–water partition coefficient (Wildman–Crippen LogP) is 0.561. The Morgan fingerprint density at radius 1 is 0.773 bits per heavy atom. The minimum Gasteiger partial charge on any atom is -0.191 e. The fourth-order valence-corrected chi connectivity index (χ4v) is 4.49. The molecule has 0 aliphatic heterocycles. The van der Waals surface area contributed by atoms with E-state index < -0.39 is 58.4 Å². The summed E-state index contributed by atoms with van der Waals surface area (Å²) in [5.74, 6) is -14.5. The Kier molecular flexibility index (Phi) is 5.83. The number of rotatable bonds is 5. The quantitative estimate of drug-likeness (QED) is 0.327. The first kappa shape index (κ1) is 22.0. The third-order valence-corrected chi connectivity index (χ3v) is 6.17. The number of alkyl halides is 10. The van der Waals surface area contributed by atoms with Crippen LogP contribution in [0.4, 0.5) is 39.5 Å². The smallest absolute Gasteiger partial charge is 0.191 e. The molecule has 0 rings (SSSR count). The first-order valence-electron chi connectivity index (χ1n) is 5.00. The minimum atomic E-state index is -7.28. The lowest BCUT2D eigenvalue weighted by atomic mass is 10.1. The van der Waals surface area contributed by atoms with Gasteiger partial charge in [-0.1, -0.05) is 0 Å². The van der Waals surface area contributed by atoms with Crippen molar-refractivity contribution in [1.29, 1.82) is 0 Å². The zero-order chi connectivity index (χ0) is 18.4. The molecule has 22 heavy (non-hydrogen) atoms. The Labute approximate surface area is 130 Å². The van der Waals surface area contributed by atoms with Crippen LogP contribution in [0, 0.1) is 0 Å². The van der Waals surface area contributed by atoms with Crippen LogP contribution in [0.5, 0.6) is 0 Å². The maximum Gasteiger partial charge on any atom is 0.499 e. The second-order valence-corrected chi connectivity index (χ2v) is 11.1. The molecule has 14 heteroatoms. The van der Waals surface area contributed by atoms with E-state index in [4.69, 9.17) is 0 Å². The molecule has 134 valence electrons. The van der Waals surface area contributed by atoms with E-state index in [1.807, 2.05) is 0 Å². The third kappa shape index (κ3) is 3.91. The van der Waals surface area contributed by atoms with Crippen molar-refractivity contribution in [3.63, 3.8) is 0 Å². The van der Waals surface area contributed by atoms with Crippen molar-refractivity contribution < 1.29 is 72.1 Å². The Balaban J connectivity index is 5.81. The van der Waals surface area contributed by atoms with Crippen molar-refractivity contribution in [2.45, 2.75) is 47.5 Å². The summed E-state index contributed by atoms with van der Waals surface area (Å²) in [5.41, 5.74) is 0. The standard InChI is InChI=1S/C8H9F9IO3S/c1-4(2,3)18-21-22(19,20)8(16,17)6(11,12)5(9,10)7(13,14)15/h1-3H3/q+1. The van der Waals surface area contributed by atoms with Gasteiger partial charge in [0.05, 0.1) is 0 Å². The second kappa shape index (κ2) is 5.82. The third-order valence-electron chi connectivity index (χ3n) is 1.78. The van der Waals surface area contributed by atoms with Crippen LogP contribution in [-0.4, -0.2) is 35.1 Å². The van der Waals surface area contributed by atoms with Crippen molar-refractivity contribution >= 4 is 10.1 Å². The second-order valence-electron chi connectivity index (χ2n) is 4.82. The highest BCUT2D eigenvalue weighted by molar-refractivity contribution is 7.87. The molecule has 3 nitrogen and oxygen atoms in total. The summed E-state index contributed by atoms with van der Waals surface area (Å²) in [6.07, 6.45) is -7.09. The van der Waals surface area contributed by atoms with Crippen LogP contribution in [0.1, 0.15) is 20.8 Å². The zero-order valence-electron chi connectivity index (χ0n) is 10.9. The molecular formula is C8H9F9IO3S+. The molecule has 0 aliphatic rings. The summed E-state index contributed by atoms with van der Waals surface area (Å²) >= 11 is -2.22. The van der Waals surface area contributed by atoms with Gasteiger partial charge < -0.3 is 0 Å². The molecule has 0 amide bonds. The van der Waals surface area contributed by atoms with Crippen molar-refractivity contribution in [1.82, 2.24) is 0 Å². The van der Waals surface area contributed by atoms with Crippen LogP contribution in [0.2, 0.25) is 0 Å². The van der Waals surface area contributed by atoms with Crippen LogP contribution in [-0.2, 0) is 12.6 Å². The molecule has 0 aliphatic carbocycles. The fraction of sp³-hybridized carbons (Fsp3) is 1.00. The molecule has 0 saturated heterocycles. The van der Waals surface area contributed by atoms with Crippen LogP contribution in [0.15, 0.2) is 0 Å². The average molecular weight is 483 g/mol. The molecule has 0 bridgehead atoms.